The number of hydrogen-bond donors (Lipinski definition) is 1. The second-order valence-corrected chi connectivity index (χ2v) is 6.11. The van der Waals surface area contributed by atoms with Crippen LogP contribution in [0.3, 0.4) is 0 Å². The van der Waals surface area contributed by atoms with Crippen LogP contribution < -0.4 is 5.73 Å². The van der Waals surface area contributed by atoms with Gasteiger partial charge in [-0.2, -0.15) is 0 Å². The third-order valence-electron chi connectivity index (χ3n) is 2.92. The minimum absolute atomic E-state index is 0.345. The van der Waals surface area contributed by atoms with Gasteiger partial charge in [0.1, 0.15) is 17.5 Å². The molecule has 2 rings (SSSR count). The Morgan fingerprint density at radius 1 is 0.667 bits per heavy atom. The number of nitrogens with two attached hydrogens (primary N) is 1. The molecule has 0 aliphatic heterocycles. The summed E-state index contributed by atoms with van der Waals surface area (Å²) in [5.74, 6) is 3.09. The Labute approximate surface area is 147 Å². The smallest absolute Gasteiger partial charge is 0.133 e. The van der Waals surface area contributed by atoms with E-state index >= 15 is 0 Å². The van der Waals surface area contributed by atoms with Gasteiger partial charge in [-0.3, -0.25) is 0 Å². The average molecular weight is 332 g/mol. The monoisotopic (exact) mass is 331 g/mol. The summed E-state index contributed by atoms with van der Waals surface area (Å²) in [5.41, 5.74) is 8.59. The van der Waals surface area contributed by atoms with Gasteiger partial charge in [0.2, 0.25) is 0 Å². The summed E-state index contributed by atoms with van der Waals surface area (Å²) >= 11 is 0. The summed E-state index contributed by atoms with van der Waals surface area (Å²) in [6.45, 7) is 18.2. The second-order valence-electron chi connectivity index (χ2n) is 6.11. The molecule has 0 fully saturated rings. The molecule has 2 aromatic heterocycles. The molecule has 5 heteroatoms. The highest BCUT2D eigenvalue weighted by atomic mass is 14.9. The number of nitrogens with zero attached hydrogens (tertiary/aromatic N) is 4. The largest absolute Gasteiger partial charge is 0.384 e. The van der Waals surface area contributed by atoms with Crippen LogP contribution in [0.2, 0.25) is 0 Å². The van der Waals surface area contributed by atoms with E-state index in [-0.39, 0.29) is 0 Å². The van der Waals surface area contributed by atoms with Crippen molar-refractivity contribution in [2.24, 2.45) is 0 Å². The summed E-state index contributed by atoms with van der Waals surface area (Å²) in [6, 6.07) is 3.76. The van der Waals surface area contributed by atoms with Crippen LogP contribution >= 0.6 is 0 Å². The number of aryl methyl sites for hydroxylation is 3. The minimum atomic E-state index is 0.345. The van der Waals surface area contributed by atoms with Gasteiger partial charge < -0.3 is 5.73 Å². The molecule has 134 valence electrons. The Balaban J connectivity index is 0.000000400. The SMILES string of the molecule is CC.Cc1cc(C)nc(C(C)C)n1.Cc1cc(N)nc(C(C)C)n1. The predicted molar refractivity (Wildman–Crippen MR) is 102 cm³/mol. The van der Waals surface area contributed by atoms with Gasteiger partial charge in [-0.15, -0.1) is 0 Å². The van der Waals surface area contributed by atoms with Crippen molar-refractivity contribution in [1.29, 1.82) is 0 Å². The molecule has 0 radical (unpaired) electrons. The van der Waals surface area contributed by atoms with Crippen LogP contribution in [0, 0.1) is 20.8 Å². The fraction of sp³-hybridized carbons (Fsp3) is 0.579. The number of rotatable bonds is 2. The first-order valence-electron chi connectivity index (χ1n) is 8.62. The van der Waals surface area contributed by atoms with Crippen molar-refractivity contribution in [3.8, 4) is 0 Å². The van der Waals surface area contributed by atoms with E-state index in [1.165, 1.54) is 0 Å². The molecule has 24 heavy (non-hydrogen) atoms. The molecule has 2 aromatic rings. The fourth-order valence-corrected chi connectivity index (χ4v) is 1.89. The van der Waals surface area contributed by atoms with Crippen molar-refractivity contribution in [2.45, 2.75) is 74.1 Å². The van der Waals surface area contributed by atoms with E-state index in [1.807, 2.05) is 54.5 Å². The van der Waals surface area contributed by atoms with Gasteiger partial charge in [0.05, 0.1) is 0 Å². The second kappa shape index (κ2) is 10.7. The first-order valence-corrected chi connectivity index (χ1v) is 8.62. The van der Waals surface area contributed by atoms with Crippen LogP contribution in [0.15, 0.2) is 12.1 Å². The van der Waals surface area contributed by atoms with Crippen LogP contribution in [-0.4, -0.2) is 19.9 Å². The quantitative estimate of drug-likeness (QED) is 0.860. The molecule has 0 saturated heterocycles. The Morgan fingerprint density at radius 3 is 1.33 bits per heavy atom. The van der Waals surface area contributed by atoms with E-state index in [0.29, 0.717) is 17.7 Å². The van der Waals surface area contributed by atoms with Crippen molar-refractivity contribution in [1.82, 2.24) is 19.9 Å². The molecule has 0 amide bonds. The van der Waals surface area contributed by atoms with Crippen LogP contribution in [-0.2, 0) is 0 Å². The van der Waals surface area contributed by atoms with E-state index in [2.05, 4.69) is 33.8 Å². The summed E-state index contributed by atoms with van der Waals surface area (Å²) in [7, 11) is 0. The number of nitrogen functional groups attached to an aromatic ring is 1. The molecular formula is C19H33N5. The summed E-state index contributed by atoms with van der Waals surface area (Å²) < 4.78 is 0. The Hall–Kier alpha value is -2.04. The lowest BCUT2D eigenvalue weighted by Gasteiger charge is -2.04. The first kappa shape index (κ1) is 22.0. The lowest BCUT2D eigenvalue weighted by Crippen LogP contribution is -2.02. The van der Waals surface area contributed by atoms with E-state index in [0.717, 1.165) is 28.7 Å². The molecule has 0 aliphatic rings. The highest BCUT2D eigenvalue weighted by Gasteiger charge is 2.03. The zero-order valence-corrected chi connectivity index (χ0v) is 16.7. The van der Waals surface area contributed by atoms with E-state index in [9.17, 15) is 0 Å². The van der Waals surface area contributed by atoms with Gasteiger partial charge in [-0.05, 0) is 26.8 Å². The third-order valence-corrected chi connectivity index (χ3v) is 2.92. The Morgan fingerprint density at radius 2 is 1.00 bits per heavy atom. The number of anilines is 1. The summed E-state index contributed by atoms with van der Waals surface area (Å²) in [4.78, 5) is 17.0. The molecule has 0 spiro atoms. The fourth-order valence-electron chi connectivity index (χ4n) is 1.89. The first-order chi connectivity index (χ1) is 11.2. The molecule has 0 aromatic carbocycles. The highest BCUT2D eigenvalue weighted by molar-refractivity contribution is 5.29. The molecule has 0 saturated carbocycles. The maximum atomic E-state index is 5.55. The lowest BCUT2D eigenvalue weighted by atomic mass is 10.2. The summed E-state index contributed by atoms with van der Waals surface area (Å²) in [5, 5.41) is 0. The molecule has 5 nitrogen and oxygen atoms in total. The van der Waals surface area contributed by atoms with Crippen LogP contribution in [0.1, 0.15) is 82.1 Å². The molecule has 0 unspecified atom stereocenters. The van der Waals surface area contributed by atoms with Gasteiger partial charge in [0.25, 0.3) is 0 Å². The van der Waals surface area contributed by atoms with Crippen LogP contribution in [0.4, 0.5) is 5.82 Å². The molecule has 0 atom stereocenters. The van der Waals surface area contributed by atoms with Crippen molar-refractivity contribution >= 4 is 5.82 Å². The van der Waals surface area contributed by atoms with Crippen molar-refractivity contribution in [3.05, 3.63) is 40.9 Å². The lowest BCUT2D eigenvalue weighted by molar-refractivity contribution is 0.758. The number of hydrogen-bond acceptors (Lipinski definition) is 5. The highest BCUT2D eigenvalue weighted by Crippen LogP contribution is 2.11. The van der Waals surface area contributed by atoms with Gasteiger partial charge in [0, 0.05) is 35.0 Å². The zero-order valence-electron chi connectivity index (χ0n) is 16.7. The Kier molecular flexibility index (Phi) is 9.77. The van der Waals surface area contributed by atoms with E-state index in [1.54, 1.807) is 6.07 Å². The predicted octanol–water partition coefficient (Wildman–Crippen LogP) is 4.73. The average Bonchev–Trinajstić information content (AvgIpc) is 2.48. The molecule has 0 aliphatic carbocycles. The molecule has 2 heterocycles. The van der Waals surface area contributed by atoms with Gasteiger partial charge in [-0.1, -0.05) is 41.5 Å². The number of aromatic nitrogens is 4. The summed E-state index contributed by atoms with van der Waals surface area (Å²) in [6.07, 6.45) is 0. The maximum absolute atomic E-state index is 5.55. The topological polar surface area (TPSA) is 77.6 Å². The van der Waals surface area contributed by atoms with Crippen LogP contribution in [0.25, 0.3) is 0 Å². The van der Waals surface area contributed by atoms with Gasteiger partial charge in [-0.25, -0.2) is 19.9 Å². The molecule has 0 bridgehead atoms. The Bertz CT molecular complexity index is 525. The maximum Gasteiger partial charge on any atom is 0.133 e. The van der Waals surface area contributed by atoms with Gasteiger partial charge in [0.15, 0.2) is 0 Å². The van der Waals surface area contributed by atoms with Crippen molar-refractivity contribution < 1.29 is 0 Å². The van der Waals surface area contributed by atoms with E-state index < -0.39 is 0 Å². The third kappa shape index (κ3) is 7.99. The molecular weight excluding hydrogens is 298 g/mol. The standard InChI is InChI=1S/C9H14N2.C8H13N3.C2H6/c1-6(2)9-10-7(3)5-8(4)11-9;1-5(2)8-10-6(3)4-7(9)11-8;1-2/h5-6H,1-4H3;4-5H,1-3H3,(H2,9,10,11);1-2H3. The zero-order chi connectivity index (χ0) is 18.9. The van der Waals surface area contributed by atoms with Crippen molar-refractivity contribution in [2.75, 3.05) is 5.73 Å². The van der Waals surface area contributed by atoms with Crippen molar-refractivity contribution in [3.63, 3.8) is 0 Å². The van der Waals surface area contributed by atoms with Gasteiger partial charge >= 0.3 is 0 Å². The van der Waals surface area contributed by atoms with E-state index in [4.69, 9.17) is 5.73 Å². The minimum Gasteiger partial charge on any atom is -0.384 e. The van der Waals surface area contributed by atoms with Crippen LogP contribution in [0.5, 0.6) is 0 Å². The normalized spacial score (nSPS) is 9.96. The molecule has 2 N–H and O–H groups in total.